The summed E-state index contributed by atoms with van der Waals surface area (Å²) in [6.07, 6.45) is 0. The topological polar surface area (TPSA) is 109 Å². The fourth-order valence-electron chi connectivity index (χ4n) is 5.03. The molecule has 8 nitrogen and oxygen atoms in total. The third-order valence-corrected chi connectivity index (χ3v) is 6.78. The number of fused-ring (bicyclic) bond motifs is 4. The second-order valence-electron chi connectivity index (χ2n) is 8.98. The molecule has 0 saturated carbocycles. The molecule has 0 saturated heterocycles. The maximum Gasteiger partial charge on any atom is 0.321 e. The molecule has 38 heavy (non-hydrogen) atoms. The number of carbonyl (C=O) groups excluding carboxylic acids is 2. The zero-order valence-corrected chi connectivity index (χ0v) is 20.6. The zero-order chi connectivity index (χ0) is 26.6. The molecular formula is C29H23FN6O2. The van der Waals surface area contributed by atoms with Gasteiger partial charge in [0.25, 0.3) is 5.91 Å². The molecule has 3 amide bonds. The number of halogens is 1. The van der Waals surface area contributed by atoms with Gasteiger partial charge in [0.15, 0.2) is 0 Å². The van der Waals surface area contributed by atoms with Crippen LogP contribution in [0.15, 0.2) is 78.9 Å². The molecule has 0 aliphatic rings. The summed E-state index contributed by atoms with van der Waals surface area (Å²) in [5.41, 5.74) is 11.0. The van der Waals surface area contributed by atoms with Crippen LogP contribution in [0.3, 0.4) is 0 Å². The van der Waals surface area contributed by atoms with E-state index in [9.17, 15) is 14.0 Å². The van der Waals surface area contributed by atoms with Gasteiger partial charge in [-0.1, -0.05) is 30.3 Å². The maximum absolute atomic E-state index is 13.8. The minimum absolute atomic E-state index is 0.232. The van der Waals surface area contributed by atoms with Gasteiger partial charge in [0.05, 0.1) is 33.3 Å². The molecule has 6 aromatic rings. The molecule has 188 valence electrons. The number of H-pyrrole nitrogens is 1. The number of carbonyl (C=O) groups is 2. The number of primary amides is 1. The zero-order valence-electron chi connectivity index (χ0n) is 20.6. The van der Waals surface area contributed by atoms with Gasteiger partial charge in [-0.05, 0) is 48.5 Å². The van der Waals surface area contributed by atoms with E-state index < -0.39 is 5.91 Å². The van der Waals surface area contributed by atoms with E-state index in [0.717, 1.165) is 33.1 Å². The lowest BCUT2D eigenvalue weighted by molar-refractivity contribution is 0.100. The maximum atomic E-state index is 13.8. The van der Waals surface area contributed by atoms with Gasteiger partial charge in [0.1, 0.15) is 11.6 Å². The number of aromatic nitrogens is 3. The van der Waals surface area contributed by atoms with Crippen LogP contribution in [0, 0.1) is 5.82 Å². The lowest BCUT2D eigenvalue weighted by atomic mass is 10.1. The van der Waals surface area contributed by atoms with E-state index >= 15 is 0 Å². The Labute approximate surface area is 216 Å². The fraction of sp³-hybridized carbons (Fsp3) is 0.0690. The number of nitrogens with zero attached hydrogens (tertiary/aromatic N) is 3. The van der Waals surface area contributed by atoms with Gasteiger partial charge < -0.3 is 20.6 Å². The molecule has 4 N–H and O–H groups in total. The first kappa shape index (κ1) is 23.2. The van der Waals surface area contributed by atoms with Crippen LogP contribution < -0.4 is 16.0 Å². The molecule has 0 spiro atoms. The monoisotopic (exact) mass is 506 g/mol. The molecule has 0 fully saturated rings. The Morgan fingerprint density at radius 2 is 1.79 bits per heavy atom. The average molecular weight is 507 g/mol. The molecule has 2 aromatic heterocycles. The Bertz CT molecular complexity index is 1900. The number of para-hydroxylation sites is 1. The summed E-state index contributed by atoms with van der Waals surface area (Å²) in [4.78, 5) is 33.9. The van der Waals surface area contributed by atoms with Gasteiger partial charge in [-0.3, -0.25) is 9.69 Å². The van der Waals surface area contributed by atoms with Crippen molar-refractivity contribution in [3.05, 3.63) is 90.2 Å². The minimum Gasteiger partial charge on any atom is -0.366 e. The number of hydrogen-bond acceptors (Lipinski definition) is 3. The first-order valence-corrected chi connectivity index (χ1v) is 11.9. The van der Waals surface area contributed by atoms with Crippen molar-refractivity contribution in [2.45, 2.75) is 0 Å². The first-order chi connectivity index (χ1) is 18.4. The predicted octanol–water partition coefficient (Wildman–Crippen LogP) is 5.34. The Hall–Kier alpha value is -5.18. The summed E-state index contributed by atoms with van der Waals surface area (Å²) in [6.45, 7) is 0. The van der Waals surface area contributed by atoms with Gasteiger partial charge in [-0.25, -0.2) is 14.2 Å². The minimum atomic E-state index is -0.631. The quantitative estimate of drug-likeness (QED) is 0.300. The number of imidazole rings is 1. The van der Waals surface area contributed by atoms with E-state index in [2.05, 4.69) is 14.9 Å². The smallest absolute Gasteiger partial charge is 0.321 e. The Kier molecular flexibility index (Phi) is 5.34. The summed E-state index contributed by atoms with van der Waals surface area (Å²) in [5.74, 6) is -0.337. The normalized spacial score (nSPS) is 11.3. The molecule has 0 unspecified atom stereocenters. The van der Waals surface area contributed by atoms with Crippen LogP contribution in [-0.2, 0) is 0 Å². The van der Waals surface area contributed by atoms with Gasteiger partial charge in [0.2, 0.25) is 0 Å². The second kappa shape index (κ2) is 8.74. The van der Waals surface area contributed by atoms with Crippen molar-refractivity contribution >= 4 is 50.5 Å². The molecule has 0 bridgehead atoms. The van der Waals surface area contributed by atoms with Crippen molar-refractivity contribution in [1.82, 2.24) is 19.9 Å². The molecule has 6 rings (SSSR count). The van der Waals surface area contributed by atoms with Crippen molar-refractivity contribution in [3.8, 4) is 17.1 Å². The highest BCUT2D eigenvalue weighted by molar-refractivity contribution is 6.15. The standard InChI is InChI=1S/C29H23FN6O2/c1-32-29(38)35(2)25-15-17(11-12-19(25)27(31)37)36-23-8-4-3-6-18(23)26-20(7-5-9-24(26)36)28-33-21-13-10-16(30)14-22(21)34-28/h3-15H,1-2H3,(H2,31,37)(H,32,38)(H,33,34). The molecule has 4 aromatic carbocycles. The van der Waals surface area contributed by atoms with Gasteiger partial charge >= 0.3 is 6.03 Å². The van der Waals surface area contributed by atoms with Gasteiger partial charge in [-0.2, -0.15) is 0 Å². The number of amides is 3. The Morgan fingerprint density at radius 1 is 1.00 bits per heavy atom. The van der Waals surface area contributed by atoms with Crippen molar-refractivity contribution in [1.29, 1.82) is 0 Å². The summed E-state index contributed by atoms with van der Waals surface area (Å²) in [7, 11) is 3.10. The van der Waals surface area contributed by atoms with Crippen LogP contribution in [0.5, 0.6) is 0 Å². The average Bonchev–Trinajstić information content (AvgIpc) is 3.50. The number of aromatic amines is 1. The first-order valence-electron chi connectivity index (χ1n) is 11.9. The SMILES string of the molecule is CNC(=O)N(C)c1cc(-n2c3ccccc3c3c(-c4nc5ccc(F)cc5[nH]4)cccc32)ccc1C(N)=O. The number of rotatable bonds is 4. The van der Waals surface area contributed by atoms with Crippen LogP contribution >= 0.6 is 0 Å². The molecule has 0 atom stereocenters. The Morgan fingerprint density at radius 3 is 2.58 bits per heavy atom. The lowest BCUT2D eigenvalue weighted by Gasteiger charge is -2.21. The van der Waals surface area contributed by atoms with E-state index in [1.54, 1.807) is 25.2 Å². The molecule has 0 radical (unpaired) electrons. The summed E-state index contributed by atoms with van der Waals surface area (Å²) in [5, 5.41) is 4.53. The summed E-state index contributed by atoms with van der Waals surface area (Å²) in [6, 6.07) is 23.2. The molecular weight excluding hydrogens is 483 g/mol. The number of benzene rings is 4. The van der Waals surface area contributed by atoms with Crippen LogP contribution in [-0.4, -0.2) is 40.6 Å². The highest BCUT2D eigenvalue weighted by Gasteiger charge is 2.21. The number of nitrogens with one attached hydrogen (secondary N) is 2. The van der Waals surface area contributed by atoms with Crippen molar-refractivity contribution < 1.29 is 14.0 Å². The van der Waals surface area contributed by atoms with E-state index in [0.29, 0.717) is 22.5 Å². The lowest BCUT2D eigenvalue weighted by Crippen LogP contribution is -2.36. The predicted molar refractivity (Wildman–Crippen MR) is 147 cm³/mol. The van der Waals surface area contributed by atoms with Crippen LogP contribution in [0.1, 0.15) is 10.4 Å². The van der Waals surface area contributed by atoms with Crippen LogP contribution in [0.2, 0.25) is 0 Å². The third kappa shape index (κ3) is 3.55. The highest BCUT2D eigenvalue weighted by atomic mass is 19.1. The molecule has 0 aliphatic heterocycles. The third-order valence-electron chi connectivity index (χ3n) is 6.78. The molecule has 0 aliphatic carbocycles. The van der Waals surface area contributed by atoms with E-state index in [1.807, 2.05) is 48.5 Å². The van der Waals surface area contributed by atoms with Crippen LogP contribution in [0.25, 0.3) is 49.9 Å². The van der Waals surface area contributed by atoms with E-state index in [4.69, 9.17) is 10.7 Å². The van der Waals surface area contributed by atoms with Crippen molar-refractivity contribution in [3.63, 3.8) is 0 Å². The van der Waals surface area contributed by atoms with Crippen molar-refractivity contribution in [2.24, 2.45) is 5.73 Å². The fourth-order valence-corrected chi connectivity index (χ4v) is 5.03. The van der Waals surface area contributed by atoms with Crippen LogP contribution in [0.4, 0.5) is 14.9 Å². The number of hydrogen-bond donors (Lipinski definition) is 3. The Balaban J connectivity index is 1.64. The molecule has 9 heteroatoms. The number of urea groups is 1. The van der Waals surface area contributed by atoms with Gasteiger partial charge in [0, 0.05) is 36.1 Å². The second-order valence-corrected chi connectivity index (χ2v) is 8.98. The summed E-state index contributed by atoms with van der Waals surface area (Å²) >= 11 is 0. The van der Waals surface area contributed by atoms with E-state index in [-0.39, 0.29) is 17.4 Å². The number of nitrogens with two attached hydrogens (primary N) is 1. The number of anilines is 1. The highest BCUT2D eigenvalue weighted by Crippen LogP contribution is 2.39. The summed E-state index contributed by atoms with van der Waals surface area (Å²) < 4.78 is 15.9. The van der Waals surface area contributed by atoms with Gasteiger partial charge in [-0.15, -0.1) is 0 Å². The van der Waals surface area contributed by atoms with E-state index in [1.165, 1.54) is 24.1 Å². The largest absolute Gasteiger partial charge is 0.366 e. The molecule has 2 heterocycles. The van der Waals surface area contributed by atoms with Crippen molar-refractivity contribution in [2.75, 3.05) is 19.0 Å².